The van der Waals surface area contributed by atoms with E-state index in [0.29, 0.717) is 22.1 Å². The highest BCUT2D eigenvalue weighted by molar-refractivity contribution is 8.00. The number of thioether (sulfide) groups is 1. The van der Waals surface area contributed by atoms with Crippen molar-refractivity contribution in [1.82, 2.24) is 0 Å². The predicted molar refractivity (Wildman–Crippen MR) is 84.2 cm³/mol. The lowest BCUT2D eigenvalue weighted by Crippen LogP contribution is -2.02. The van der Waals surface area contributed by atoms with Crippen molar-refractivity contribution in [2.24, 2.45) is 0 Å². The summed E-state index contributed by atoms with van der Waals surface area (Å²) in [6.45, 7) is 2.04. The van der Waals surface area contributed by atoms with Crippen LogP contribution in [0, 0.1) is 6.92 Å². The van der Waals surface area contributed by atoms with Crippen molar-refractivity contribution >= 4 is 29.1 Å². The monoisotopic (exact) mass is 306 g/mol. The van der Waals surface area contributed by atoms with Crippen LogP contribution in [-0.2, 0) is 0 Å². The van der Waals surface area contributed by atoms with Gasteiger partial charge in [0.1, 0.15) is 5.75 Å². The predicted octanol–water partition coefficient (Wildman–Crippen LogP) is 4.63. The van der Waals surface area contributed by atoms with Gasteiger partial charge in [0, 0.05) is 10.5 Å². The molecule has 20 heavy (non-hydrogen) atoms. The van der Waals surface area contributed by atoms with Crippen molar-refractivity contribution in [3.05, 3.63) is 58.6 Å². The van der Waals surface area contributed by atoms with E-state index in [2.05, 4.69) is 0 Å². The molecule has 0 heterocycles. The maximum atomic E-state index is 12.1. The zero-order valence-electron chi connectivity index (χ0n) is 11.4. The normalized spacial score (nSPS) is 10.3. The number of aryl methyl sites for hydroxylation is 1. The second-order valence-electron chi connectivity index (χ2n) is 4.37. The van der Waals surface area contributed by atoms with Gasteiger partial charge in [-0.05, 0) is 37.3 Å². The first-order valence-corrected chi connectivity index (χ1v) is 7.52. The number of carbonyl (C=O) groups is 1. The summed E-state index contributed by atoms with van der Waals surface area (Å²) < 4.78 is 5.12. The molecule has 0 aliphatic heterocycles. The fourth-order valence-electron chi connectivity index (χ4n) is 1.70. The molecule has 2 aromatic rings. The molecule has 0 amide bonds. The summed E-state index contributed by atoms with van der Waals surface area (Å²) in [6, 6.07) is 13.2. The number of halogens is 1. The number of benzene rings is 2. The standard InChI is InChI=1S/C16H15ClO2S/c1-11-3-6-13(7-4-11)20-10-15(18)12-5-8-14(17)16(9-12)19-2/h3-9H,10H2,1-2H3. The van der Waals surface area contributed by atoms with Crippen molar-refractivity contribution in [1.29, 1.82) is 0 Å². The second-order valence-corrected chi connectivity index (χ2v) is 5.83. The van der Waals surface area contributed by atoms with Crippen LogP contribution in [0.25, 0.3) is 0 Å². The maximum absolute atomic E-state index is 12.1. The van der Waals surface area contributed by atoms with Crippen LogP contribution < -0.4 is 4.74 Å². The van der Waals surface area contributed by atoms with Crippen LogP contribution >= 0.6 is 23.4 Å². The third-order valence-corrected chi connectivity index (χ3v) is 4.19. The van der Waals surface area contributed by atoms with Gasteiger partial charge >= 0.3 is 0 Å². The van der Waals surface area contributed by atoms with Crippen LogP contribution in [0.3, 0.4) is 0 Å². The van der Waals surface area contributed by atoms with Crippen molar-refractivity contribution in [2.75, 3.05) is 12.9 Å². The maximum Gasteiger partial charge on any atom is 0.173 e. The average molecular weight is 307 g/mol. The molecule has 2 aromatic carbocycles. The molecule has 0 spiro atoms. The van der Waals surface area contributed by atoms with Crippen molar-refractivity contribution < 1.29 is 9.53 Å². The number of ether oxygens (including phenoxy) is 1. The number of ketones is 1. The van der Waals surface area contributed by atoms with Gasteiger partial charge in [0.15, 0.2) is 5.78 Å². The summed E-state index contributed by atoms with van der Waals surface area (Å²) in [5.74, 6) is 0.983. The lowest BCUT2D eigenvalue weighted by atomic mass is 10.1. The Morgan fingerprint density at radius 3 is 2.55 bits per heavy atom. The molecule has 0 aromatic heterocycles. The summed E-state index contributed by atoms with van der Waals surface area (Å²) in [5.41, 5.74) is 1.83. The minimum absolute atomic E-state index is 0.0607. The quantitative estimate of drug-likeness (QED) is 0.595. The van der Waals surface area contributed by atoms with Gasteiger partial charge in [-0.2, -0.15) is 0 Å². The average Bonchev–Trinajstić information content (AvgIpc) is 2.47. The molecule has 0 N–H and O–H groups in total. The summed E-state index contributed by atoms with van der Waals surface area (Å²) in [4.78, 5) is 13.2. The third kappa shape index (κ3) is 3.78. The SMILES string of the molecule is COc1cc(C(=O)CSc2ccc(C)cc2)ccc1Cl. The van der Waals surface area contributed by atoms with Crippen LogP contribution in [0.15, 0.2) is 47.4 Å². The summed E-state index contributed by atoms with van der Waals surface area (Å²) >= 11 is 7.47. The molecule has 0 saturated heterocycles. The van der Waals surface area contributed by atoms with Gasteiger partial charge in [-0.25, -0.2) is 0 Å². The van der Waals surface area contributed by atoms with E-state index in [-0.39, 0.29) is 5.78 Å². The van der Waals surface area contributed by atoms with E-state index < -0.39 is 0 Å². The van der Waals surface area contributed by atoms with Crippen LogP contribution in [0.2, 0.25) is 5.02 Å². The molecular formula is C16H15ClO2S. The molecule has 0 aliphatic carbocycles. The highest BCUT2D eigenvalue weighted by Gasteiger charge is 2.10. The molecule has 0 bridgehead atoms. The molecule has 0 atom stereocenters. The minimum atomic E-state index is 0.0607. The van der Waals surface area contributed by atoms with Gasteiger partial charge in [0.2, 0.25) is 0 Å². The molecule has 0 unspecified atom stereocenters. The molecule has 2 nitrogen and oxygen atoms in total. The van der Waals surface area contributed by atoms with Gasteiger partial charge < -0.3 is 4.74 Å². The van der Waals surface area contributed by atoms with E-state index >= 15 is 0 Å². The Kier molecular flexibility index (Phi) is 5.10. The smallest absolute Gasteiger partial charge is 0.173 e. The largest absolute Gasteiger partial charge is 0.495 e. The highest BCUT2D eigenvalue weighted by Crippen LogP contribution is 2.26. The number of methoxy groups -OCH3 is 1. The lowest BCUT2D eigenvalue weighted by Gasteiger charge is -2.06. The Hall–Kier alpha value is -1.45. The first-order valence-electron chi connectivity index (χ1n) is 6.16. The Morgan fingerprint density at radius 1 is 1.20 bits per heavy atom. The van der Waals surface area contributed by atoms with Gasteiger partial charge in [0.05, 0.1) is 17.9 Å². The number of Topliss-reactive ketones (excluding diaryl/α,β-unsaturated/α-hetero) is 1. The first kappa shape index (κ1) is 14.9. The zero-order chi connectivity index (χ0) is 14.5. The van der Waals surface area contributed by atoms with Gasteiger partial charge in [-0.3, -0.25) is 4.79 Å². The number of hydrogen-bond donors (Lipinski definition) is 0. The fraction of sp³-hybridized carbons (Fsp3) is 0.188. The number of hydrogen-bond acceptors (Lipinski definition) is 3. The fourth-order valence-corrected chi connectivity index (χ4v) is 2.69. The Morgan fingerprint density at radius 2 is 1.90 bits per heavy atom. The van der Waals surface area contributed by atoms with Crippen LogP contribution in [0.5, 0.6) is 5.75 Å². The van der Waals surface area contributed by atoms with E-state index in [1.165, 1.54) is 24.4 Å². The zero-order valence-corrected chi connectivity index (χ0v) is 12.9. The molecule has 4 heteroatoms. The Labute approximate surface area is 128 Å². The van der Waals surface area contributed by atoms with Crippen LogP contribution in [-0.4, -0.2) is 18.6 Å². The van der Waals surface area contributed by atoms with Gasteiger partial charge in [-0.1, -0.05) is 29.3 Å². The topological polar surface area (TPSA) is 26.3 Å². The van der Waals surface area contributed by atoms with E-state index in [1.54, 1.807) is 18.2 Å². The minimum Gasteiger partial charge on any atom is -0.495 e. The summed E-state index contributed by atoms with van der Waals surface area (Å²) in [6.07, 6.45) is 0. The van der Waals surface area contributed by atoms with Crippen LogP contribution in [0.4, 0.5) is 0 Å². The first-order chi connectivity index (χ1) is 9.60. The molecular weight excluding hydrogens is 292 g/mol. The van der Waals surface area contributed by atoms with Gasteiger partial charge in [0.25, 0.3) is 0 Å². The third-order valence-electron chi connectivity index (χ3n) is 2.86. The Bertz CT molecular complexity index is 608. The van der Waals surface area contributed by atoms with E-state index in [1.807, 2.05) is 31.2 Å². The van der Waals surface area contributed by atoms with Crippen molar-refractivity contribution in [3.8, 4) is 5.75 Å². The second kappa shape index (κ2) is 6.82. The van der Waals surface area contributed by atoms with Crippen LogP contribution in [0.1, 0.15) is 15.9 Å². The van der Waals surface area contributed by atoms with Crippen molar-refractivity contribution in [3.63, 3.8) is 0 Å². The van der Waals surface area contributed by atoms with E-state index in [4.69, 9.17) is 16.3 Å². The number of carbonyl (C=O) groups excluding carboxylic acids is 1. The summed E-state index contributed by atoms with van der Waals surface area (Å²) in [7, 11) is 1.54. The molecule has 2 rings (SSSR count). The summed E-state index contributed by atoms with van der Waals surface area (Å²) in [5, 5.41) is 0.509. The Balaban J connectivity index is 2.03. The lowest BCUT2D eigenvalue weighted by molar-refractivity contribution is 0.102. The number of rotatable bonds is 5. The van der Waals surface area contributed by atoms with E-state index in [0.717, 1.165) is 4.90 Å². The highest BCUT2D eigenvalue weighted by atomic mass is 35.5. The molecule has 0 saturated carbocycles. The molecule has 0 aliphatic rings. The molecule has 0 radical (unpaired) electrons. The molecule has 104 valence electrons. The molecule has 0 fully saturated rings. The van der Waals surface area contributed by atoms with E-state index in [9.17, 15) is 4.79 Å². The van der Waals surface area contributed by atoms with Gasteiger partial charge in [-0.15, -0.1) is 11.8 Å². The van der Waals surface area contributed by atoms with Crippen molar-refractivity contribution in [2.45, 2.75) is 11.8 Å².